The summed E-state index contributed by atoms with van der Waals surface area (Å²) in [6.45, 7) is 1.51. The number of rotatable bonds is 9. The number of amides is 1. The van der Waals surface area contributed by atoms with Crippen molar-refractivity contribution in [1.82, 2.24) is 14.5 Å². The molecule has 1 heterocycles. The summed E-state index contributed by atoms with van der Waals surface area (Å²) < 4.78 is 1.58. The van der Waals surface area contributed by atoms with Gasteiger partial charge in [-0.15, -0.1) is 0 Å². The fourth-order valence-electron chi connectivity index (χ4n) is 2.95. The Bertz CT molecular complexity index is 910. The smallest absolute Gasteiger partial charge is 0.358 e. The molecule has 0 aliphatic heterocycles. The molecule has 0 N–H and O–H groups in total. The van der Waals surface area contributed by atoms with E-state index in [0.717, 1.165) is 12.0 Å². The SMILES string of the molecule is O=C(CCn1cnc([N+](=O)[O-])c1)N(CCc1ccccc1)Cc1ccccc1. The molecule has 0 atom stereocenters. The van der Waals surface area contributed by atoms with Gasteiger partial charge in [0.05, 0.1) is 0 Å². The normalized spacial score (nSPS) is 10.6. The fourth-order valence-corrected chi connectivity index (χ4v) is 2.95. The molecule has 0 aliphatic rings. The van der Waals surface area contributed by atoms with Crippen molar-refractivity contribution < 1.29 is 9.72 Å². The minimum absolute atomic E-state index is 0.0103. The van der Waals surface area contributed by atoms with E-state index in [1.165, 1.54) is 18.1 Å². The van der Waals surface area contributed by atoms with Gasteiger partial charge in [0, 0.05) is 26.1 Å². The van der Waals surface area contributed by atoms with Crippen molar-refractivity contribution in [2.45, 2.75) is 25.9 Å². The molecule has 28 heavy (non-hydrogen) atoms. The summed E-state index contributed by atoms with van der Waals surface area (Å²) in [6.07, 6.45) is 3.76. The minimum atomic E-state index is -0.542. The summed E-state index contributed by atoms with van der Waals surface area (Å²) in [5, 5.41) is 10.7. The van der Waals surface area contributed by atoms with Crippen molar-refractivity contribution >= 4 is 11.7 Å². The number of aryl methyl sites for hydroxylation is 1. The third kappa shape index (κ3) is 5.51. The Hall–Kier alpha value is -3.48. The topological polar surface area (TPSA) is 81.3 Å². The van der Waals surface area contributed by atoms with Crippen molar-refractivity contribution in [2.24, 2.45) is 0 Å². The summed E-state index contributed by atoms with van der Waals surface area (Å²) in [5.41, 5.74) is 2.25. The molecule has 144 valence electrons. The van der Waals surface area contributed by atoms with E-state index in [1.54, 1.807) is 4.57 Å². The lowest BCUT2D eigenvalue weighted by Crippen LogP contribution is -2.33. The van der Waals surface area contributed by atoms with Crippen molar-refractivity contribution in [2.75, 3.05) is 6.54 Å². The van der Waals surface area contributed by atoms with Gasteiger partial charge in [0.2, 0.25) is 12.2 Å². The quantitative estimate of drug-likeness (QED) is 0.422. The second-order valence-electron chi connectivity index (χ2n) is 6.51. The van der Waals surface area contributed by atoms with Crippen LogP contribution in [0.3, 0.4) is 0 Å². The minimum Gasteiger partial charge on any atom is -0.358 e. The third-order valence-corrected chi connectivity index (χ3v) is 4.47. The van der Waals surface area contributed by atoms with Gasteiger partial charge in [0.25, 0.3) is 0 Å². The molecule has 3 rings (SSSR count). The van der Waals surface area contributed by atoms with E-state index in [9.17, 15) is 14.9 Å². The summed E-state index contributed by atoms with van der Waals surface area (Å²) in [7, 11) is 0. The van der Waals surface area contributed by atoms with Gasteiger partial charge in [0.1, 0.15) is 6.20 Å². The van der Waals surface area contributed by atoms with E-state index in [-0.39, 0.29) is 18.1 Å². The van der Waals surface area contributed by atoms with Gasteiger partial charge in [-0.25, -0.2) is 0 Å². The highest BCUT2D eigenvalue weighted by Crippen LogP contribution is 2.11. The molecule has 7 heteroatoms. The molecule has 1 aromatic heterocycles. The molecular weight excluding hydrogens is 356 g/mol. The van der Waals surface area contributed by atoms with Crippen LogP contribution < -0.4 is 0 Å². The number of nitro groups is 1. The molecule has 0 bridgehead atoms. The van der Waals surface area contributed by atoms with Gasteiger partial charge in [-0.1, -0.05) is 60.7 Å². The standard InChI is InChI=1S/C21H22N4O3/c26-21(12-13-23-16-20(22-17-23)25(27)28)24(15-19-9-5-2-6-10-19)14-11-18-7-3-1-4-8-18/h1-10,16-17H,11-15H2. The van der Waals surface area contributed by atoms with Crippen LogP contribution in [0.1, 0.15) is 17.5 Å². The molecule has 0 aliphatic carbocycles. The molecule has 0 radical (unpaired) electrons. The number of hydrogen-bond donors (Lipinski definition) is 0. The van der Waals surface area contributed by atoms with E-state index in [1.807, 2.05) is 53.4 Å². The summed E-state index contributed by atoms with van der Waals surface area (Å²) in [6, 6.07) is 19.9. The van der Waals surface area contributed by atoms with E-state index in [2.05, 4.69) is 17.1 Å². The maximum Gasteiger partial charge on any atom is 0.381 e. The van der Waals surface area contributed by atoms with E-state index in [0.29, 0.717) is 19.6 Å². The lowest BCUT2D eigenvalue weighted by atomic mass is 10.1. The molecule has 0 spiro atoms. The number of aromatic nitrogens is 2. The number of benzene rings is 2. The number of carbonyl (C=O) groups excluding carboxylic acids is 1. The molecule has 3 aromatic rings. The summed E-state index contributed by atoms with van der Waals surface area (Å²) in [5.74, 6) is -0.200. The van der Waals surface area contributed by atoms with Crippen LogP contribution in [0.5, 0.6) is 0 Å². The summed E-state index contributed by atoms with van der Waals surface area (Å²) in [4.78, 5) is 28.6. The monoisotopic (exact) mass is 378 g/mol. The van der Waals surface area contributed by atoms with Crippen LogP contribution in [0.25, 0.3) is 0 Å². The maximum atomic E-state index is 12.8. The molecule has 0 unspecified atom stereocenters. The first-order valence-electron chi connectivity index (χ1n) is 9.13. The lowest BCUT2D eigenvalue weighted by Gasteiger charge is -2.23. The zero-order valence-corrected chi connectivity index (χ0v) is 15.5. The van der Waals surface area contributed by atoms with Crippen LogP contribution in [0.15, 0.2) is 73.2 Å². The zero-order valence-electron chi connectivity index (χ0n) is 15.5. The van der Waals surface area contributed by atoms with E-state index < -0.39 is 4.92 Å². The van der Waals surface area contributed by atoms with Gasteiger partial charge < -0.3 is 19.6 Å². The van der Waals surface area contributed by atoms with Crippen molar-refractivity contribution in [3.63, 3.8) is 0 Å². The predicted molar refractivity (Wildman–Crippen MR) is 106 cm³/mol. The Morgan fingerprint density at radius 3 is 2.29 bits per heavy atom. The van der Waals surface area contributed by atoms with E-state index in [4.69, 9.17) is 0 Å². The first kappa shape index (κ1) is 19.3. The second-order valence-corrected chi connectivity index (χ2v) is 6.51. The Labute approximate surface area is 163 Å². The van der Waals surface area contributed by atoms with Crippen LogP contribution in [0, 0.1) is 10.1 Å². The third-order valence-electron chi connectivity index (χ3n) is 4.47. The Morgan fingerprint density at radius 2 is 1.68 bits per heavy atom. The number of hydrogen-bond acceptors (Lipinski definition) is 4. The zero-order chi connectivity index (χ0) is 19.8. The average molecular weight is 378 g/mol. The molecule has 1 amide bonds. The van der Waals surface area contributed by atoms with Crippen molar-refractivity contribution in [3.05, 3.63) is 94.4 Å². The van der Waals surface area contributed by atoms with Crippen LogP contribution in [-0.4, -0.2) is 31.8 Å². The molecule has 0 fully saturated rings. The highest BCUT2D eigenvalue weighted by Gasteiger charge is 2.16. The first-order valence-corrected chi connectivity index (χ1v) is 9.13. The van der Waals surface area contributed by atoms with Crippen molar-refractivity contribution in [1.29, 1.82) is 0 Å². The second kappa shape index (κ2) is 9.45. The summed E-state index contributed by atoms with van der Waals surface area (Å²) >= 11 is 0. The maximum absolute atomic E-state index is 12.8. The van der Waals surface area contributed by atoms with Gasteiger partial charge in [0.15, 0.2) is 0 Å². The Balaban J connectivity index is 1.63. The van der Waals surface area contributed by atoms with Crippen molar-refractivity contribution in [3.8, 4) is 0 Å². The van der Waals surface area contributed by atoms with Gasteiger partial charge >= 0.3 is 5.82 Å². The first-order chi connectivity index (χ1) is 13.6. The highest BCUT2D eigenvalue weighted by molar-refractivity contribution is 5.76. The van der Waals surface area contributed by atoms with Crippen LogP contribution >= 0.6 is 0 Å². The van der Waals surface area contributed by atoms with Crippen LogP contribution in [0.4, 0.5) is 5.82 Å². The van der Waals surface area contributed by atoms with Gasteiger partial charge in [-0.3, -0.25) is 4.79 Å². The largest absolute Gasteiger partial charge is 0.381 e. The average Bonchev–Trinajstić information content (AvgIpc) is 3.20. The molecule has 2 aromatic carbocycles. The molecule has 0 saturated heterocycles. The number of carbonyl (C=O) groups is 1. The van der Waals surface area contributed by atoms with E-state index >= 15 is 0 Å². The van der Waals surface area contributed by atoms with Crippen LogP contribution in [-0.2, 0) is 24.3 Å². The molecular formula is C21H22N4O3. The fraction of sp³-hybridized carbons (Fsp3) is 0.238. The lowest BCUT2D eigenvalue weighted by molar-refractivity contribution is -0.389. The molecule has 0 saturated carbocycles. The Morgan fingerprint density at radius 1 is 1.04 bits per heavy atom. The molecule has 7 nitrogen and oxygen atoms in total. The van der Waals surface area contributed by atoms with Crippen LogP contribution in [0.2, 0.25) is 0 Å². The predicted octanol–water partition coefficient (Wildman–Crippen LogP) is 3.45. The number of imidazole rings is 1. The Kier molecular flexibility index (Phi) is 6.51. The number of nitrogens with zero attached hydrogens (tertiary/aromatic N) is 4. The highest BCUT2D eigenvalue weighted by atomic mass is 16.6. The van der Waals surface area contributed by atoms with Gasteiger partial charge in [-0.2, -0.15) is 0 Å². The van der Waals surface area contributed by atoms with Gasteiger partial charge in [-0.05, 0) is 27.5 Å².